The molecule has 8 heteroatoms. The summed E-state index contributed by atoms with van der Waals surface area (Å²) in [6, 6.07) is 6.92. The van der Waals surface area contributed by atoms with Gasteiger partial charge in [-0.05, 0) is 12.5 Å². The lowest BCUT2D eigenvalue weighted by atomic mass is 10.2. The number of aliphatic imine (C=N–C) groups is 1. The summed E-state index contributed by atoms with van der Waals surface area (Å²) in [6.45, 7) is 5.41. The van der Waals surface area contributed by atoms with Gasteiger partial charge in [0.2, 0.25) is 0 Å². The highest BCUT2D eigenvalue weighted by Crippen LogP contribution is 2.22. The Balaban J connectivity index is 2.40. The zero-order chi connectivity index (χ0) is 18.9. The van der Waals surface area contributed by atoms with E-state index in [1.807, 2.05) is 25.1 Å². The number of rotatable bonds is 9. The molecular weight excluding hydrogens is 332 g/mol. The number of anilines is 3. The van der Waals surface area contributed by atoms with Crippen LogP contribution in [0.5, 0.6) is 0 Å². The molecule has 0 aliphatic rings. The molecule has 0 fully saturated rings. The maximum absolute atomic E-state index is 11.7. The summed E-state index contributed by atoms with van der Waals surface area (Å²) in [5, 5.41) is 6.00. The van der Waals surface area contributed by atoms with E-state index in [4.69, 9.17) is 5.73 Å². The molecule has 8 nitrogen and oxygen atoms in total. The lowest BCUT2D eigenvalue weighted by Crippen LogP contribution is -2.22. The van der Waals surface area contributed by atoms with E-state index in [0.717, 1.165) is 11.8 Å². The summed E-state index contributed by atoms with van der Waals surface area (Å²) in [5.74, 6) is -0.178. The SMILES string of the molecule is C=CN=Cc1ccccc1Nc1nc(N[C@@H](C=O)CC)cnc1C(N)=O. The van der Waals surface area contributed by atoms with Gasteiger partial charge in [0.05, 0.1) is 12.2 Å². The molecular formula is C18H20N6O2. The van der Waals surface area contributed by atoms with Crippen LogP contribution < -0.4 is 16.4 Å². The molecule has 0 radical (unpaired) electrons. The second-order valence-electron chi connectivity index (χ2n) is 5.28. The predicted octanol–water partition coefficient (Wildman–Crippen LogP) is 2.27. The van der Waals surface area contributed by atoms with Crippen molar-refractivity contribution < 1.29 is 9.59 Å². The van der Waals surface area contributed by atoms with Gasteiger partial charge in [-0.2, -0.15) is 0 Å². The van der Waals surface area contributed by atoms with Crippen LogP contribution in [-0.2, 0) is 4.79 Å². The van der Waals surface area contributed by atoms with Crippen molar-refractivity contribution in [3.05, 3.63) is 54.5 Å². The fourth-order valence-electron chi connectivity index (χ4n) is 2.13. The van der Waals surface area contributed by atoms with Gasteiger partial charge in [-0.15, -0.1) is 0 Å². The summed E-state index contributed by atoms with van der Waals surface area (Å²) in [4.78, 5) is 35.1. The van der Waals surface area contributed by atoms with Gasteiger partial charge in [-0.1, -0.05) is 31.7 Å². The first kappa shape index (κ1) is 18.8. The van der Waals surface area contributed by atoms with Crippen LogP contribution in [-0.4, -0.2) is 34.4 Å². The number of aldehydes is 1. The molecule has 4 N–H and O–H groups in total. The Morgan fingerprint density at radius 3 is 2.85 bits per heavy atom. The Labute approximate surface area is 151 Å². The van der Waals surface area contributed by atoms with Crippen molar-refractivity contribution in [1.82, 2.24) is 9.97 Å². The molecule has 0 spiro atoms. The minimum absolute atomic E-state index is 0.00911. The molecule has 2 rings (SSSR count). The largest absolute Gasteiger partial charge is 0.364 e. The monoisotopic (exact) mass is 352 g/mol. The van der Waals surface area contributed by atoms with E-state index < -0.39 is 11.9 Å². The van der Waals surface area contributed by atoms with Gasteiger partial charge in [-0.3, -0.25) is 9.79 Å². The number of para-hydroxylation sites is 1. The number of nitrogens with zero attached hydrogens (tertiary/aromatic N) is 3. The van der Waals surface area contributed by atoms with E-state index in [0.29, 0.717) is 17.9 Å². The van der Waals surface area contributed by atoms with Gasteiger partial charge in [-0.25, -0.2) is 9.97 Å². The number of primary amides is 1. The van der Waals surface area contributed by atoms with Crippen molar-refractivity contribution in [3.63, 3.8) is 0 Å². The van der Waals surface area contributed by atoms with Crippen molar-refractivity contribution in [2.24, 2.45) is 10.7 Å². The number of hydrogen-bond acceptors (Lipinski definition) is 7. The summed E-state index contributed by atoms with van der Waals surface area (Å²) >= 11 is 0. The van der Waals surface area contributed by atoms with Crippen LogP contribution >= 0.6 is 0 Å². The summed E-state index contributed by atoms with van der Waals surface area (Å²) in [7, 11) is 0. The number of amides is 1. The Bertz CT molecular complexity index is 834. The first-order valence-corrected chi connectivity index (χ1v) is 7.97. The summed E-state index contributed by atoms with van der Waals surface area (Å²) < 4.78 is 0. The number of nitrogens with one attached hydrogen (secondary N) is 2. The van der Waals surface area contributed by atoms with Crippen molar-refractivity contribution in [2.45, 2.75) is 19.4 Å². The summed E-state index contributed by atoms with van der Waals surface area (Å²) in [5.41, 5.74) is 6.81. The molecule has 0 saturated carbocycles. The normalized spacial score (nSPS) is 11.7. The molecule has 1 amide bonds. The molecule has 2 aromatic rings. The molecule has 1 aromatic carbocycles. The molecule has 0 aliphatic heterocycles. The van der Waals surface area contributed by atoms with Gasteiger partial charge < -0.3 is 21.2 Å². The highest BCUT2D eigenvalue weighted by Gasteiger charge is 2.15. The van der Waals surface area contributed by atoms with Crippen LogP contribution in [0.2, 0.25) is 0 Å². The van der Waals surface area contributed by atoms with Gasteiger partial charge in [0, 0.05) is 23.7 Å². The smallest absolute Gasteiger partial charge is 0.271 e. The average molecular weight is 352 g/mol. The van der Waals surface area contributed by atoms with Gasteiger partial charge >= 0.3 is 0 Å². The quantitative estimate of drug-likeness (QED) is 0.470. The van der Waals surface area contributed by atoms with Gasteiger partial charge in [0.15, 0.2) is 11.5 Å². The highest BCUT2D eigenvalue weighted by atomic mass is 16.1. The molecule has 0 aliphatic carbocycles. The molecule has 1 heterocycles. The third-order valence-corrected chi connectivity index (χ3v) is 3.48. The number of aromatic nitrogens is 2. The number of benzene rings is 1. The Kier molecular flexibility index (Phi) is 6.55. The first-order valence-electron chi connectivity index (χ1n) is 7.97. The molecule has 0 saturated heterocycles. The predicted molar refractivity (Wildman–Crippen MR) is 102 cm³/mol. The lowest BCUT2D eigenvalue weighted by molar-refractivity contribution is -0.108. The topological polar surface area (TPSA) is 122 Å². The van der Waals surface area contributed by atoms with E-state index in [1.54, 1.807) is 12.3 Å². The van der Waals surface area contributed by atoms with Crippen molar-refractivity contribution in [2.75, 3.05) is 10.6 Å². The molecule has 26 heavy (non-hydrogen) atoms. The molecule has 1 atom stereocenters. The zero-order valence-electron chi connectivity index (χ0n) is 14.3. The average Bonchev–Trinajstić information content (AvgIpc) is 2.65. The molecule has 134 valence electrons. The van der Waals surface area contributed by atoms with Crippen LogP contribution in [0.1, 0.15) is 29.4 Å². The minimum atomic E-state index is -0.716. The molecule has 0 bridgehead atoms. The van der Waals surface area contributed by atoms with E-state index >= 15 is 0 Å². The van der Waals surface area contributed by atoms with E-state index in [1.165, 1.54) is 12.4 Å². The van der Waals surface area contributed by atoms with Crippen molar-refractivity contribution in [3.8, 4) is 0 Å². The summed E-state index contributed by atoms with van der Waals surface area (Å²) in [6.07, 6.45) is 5.78. The Hall–Kier alpha value is -3.55. The van der Waals surface area contributed by atoms with Crippen LogP contribution in [0.15, 0.2) is 48.2 Å². The van der Waals surface area contributed by atoms with Crippen LogP contribution in [0.4, 0.5) is 17.3 Å². The second-order valence-corrected chi connectivity index (χ2v) is 5.28. The third kappa shape index (κ3) is 4.73. The number of carbonyl (C=O) groups is 2. The van der Waals surface area contributed by atoms with Crippen LogP contribution in [0.25, 0.3) is 0 Å². The Morgan fingerprint density at radius 1 is 1.42 bits per heavy atom. The first-order chi connectivity index (χ1) is 12.6. The van der Waals surface area contributed by atoms with Gasteiger partial charge in [0.25, 0.3) is 5.91 Å². The van der Waals surface area contributed by atoms with Gasteiger partial charge in [0.1, 0.15) is 12.1 Å². The maximum atomic E-state index is 11.7. The van der Waals surface area contributed by atoms with Crippen molar-refractivity contribution in [1.29, 1.82) is 0 Å². The third-order valence-electron chi connectivity index (χ3n) is 3.48. The zero-order valence-corrected chi connectivity index (χ0v) is 14.3. The maximum Gasteiger partial charge on any atom is 0.271 e. The molecule has 1 aromatic heterocycles. The number of nitrogens with two attached hydrogens (primary N) is 1. The minimum Gasteiger partial charge on any atom is -0.364 e. The highest BCUT2D eigenvalue weighted by molar-refractivity contribution is 5.97. The van der Waals surface area contributed by atoms with Crippen molar-refractivity contribution >= 4 is 35.7 Å². The van der Waals surface area contributed by atoms with E-state index in [9.17, 15) is 9.59 Å². The van der Waals surface area contributed by atoms with Crippen LogP contribution in [0.3, 0.4) is 0 Å². The standard InChI is InChI=1S/C18H20N6O2/c1-3-13(11-25)22-15-10-21-16(17(19)26)18(24-15)23-14-8-6-5-7-12(14)9-20-4-2/h4-11,13H,2-3H2,1H3,(H2,19,26)(H2,22,23,24)/t13-/m1/s1. The van der Waals surface area contributed by atoms with Crippen LogP contribution in [0, 0.1) is 0 Å². The Morgan fingerprint density at radius 2 is 2.19 bits per heavy atom. The fourth-order valence-corrected chi connectivity index (χ4v) is 2.13. The number of hydrogen-bond donors (Lipinski definition) is 3. The molecule has 0 unspecified atom stereocenters. The van der Waals surface area contributed by atoms with E-state index in [2.05, 4.69) is 32.2 Å². The lowest BCUT2D eigenvalue weighted by Gasteiger charge is -2.14. The second kappa shape index (κ2) is 9.07. The fraction of sp³-hybridized carbons (Fsp3) is 0.167. The van der Waals surface area contributed by atoms with E-state index in [-0.39, 0.29) is 11.5 Å². The number of carbonyl (C=O) groups excluding carboxylic acids is 2.